The highest BCUT2D eigenvalue weighted by Crippen LogP contribution is 2.39. The largest absolute Gasteiger partial charge is 0.486 e. The number of hydrogen-bond donors (Lipinski definition) is 2. The van der Waals surface area contributed by atoms with Crippen LogP contribution in [-0.2, 0) is 17.6 Å². The van der Waals surface area contributed by atoms with E-state index in [1.165, 1.54) is 11.3 Å². The molecule has 28 heavy (non-hydrogen) atoms. The molecule has 0 spiro atoms. The number of ether oxygens (including phenoxy) is 2. The number of carbonyl (C=O) groups is 1. The molecule has 6 nitrogen and oxygen atoms in total. The van der Waals surface area contributed by atoms with Crippen LogP contribution < -0.4 is 20.1 Å². The van der Waals surface area contributed by atoms with Crippen molar-refractivity contribution >= 4 is 27.9 Å². The van der Waals surface area contributed by atoms with Crippen LogP contribution in [0.15, 0.2) is 18.2 Å². The highest BCUT2D eigenvalue weighted by atomic mass is 32.1. The lowest BCUT2D eigenvalue weighted by Crippen LogP contribution is -2.32. The smallest absolute Gasteiger partial charge is 0.247 e. The molecule has 2 aromatic rings. The molecule has 2 heterocycles. The van der Waals surface area contributed by atoms with Crippen molar-refractivity contribution in [3.63, 3.8) is 0 Å². The van der Waals surface area contributed by atoms with E-state index >= 15 is 0 Å². The Bertz CT molecular complexity index is 932. The third-order valence-electron chi connectivity index (χ3n) is 5.10. The highest BCUT2D eigenvalue weighted by Gasteiger charge is 2.24. The second kappa shape index (κ2) is 8.11. The van der Waals surface area contributed by atoms with E-state index in [4.69, 9.17) is 9.47 Å². The van der Waals surface area contributed by atoms with E-state index in [2.05, 4.69) is 16.7 Å². The molecule has 146 valence electrons. The number of nitriles is 1. The van der Waals surface area contributed by atoms with Gasteiger partial charge in [-0.1, -0.05) is 12.5 Å². The summed E-state index contributed by atoms with van der Waals surface area (Å²) < 4.78 is 11.3. The molecule has 1 aliphatic heterocycles. The standard InChI is InChI=1S/C21H23N3O3S/c1-13(23-16-7-5-8-17-19(16)27-11-10-26-17)20(25)24-21-15(12-22)14-6-3-2-4-9-18(14)28-21/h5,7-8,13,23H,2-4,6,9-11H2,1H3,(H,24,25). The van der Waals surface area contributed by atoms with Crippen molar-refractivity contribution in [3.8, 4) is 17.6 Å². The fourth-order valence-electron chi connectivity index (χ4n) is 3.66. The summed E-state index contributed by atoms with van der Waals surface area (Å²) in [5.41, 5.74) is 2.49. The van der Waals surface area contributed by atoms with Crippen molar-refractivity contribution in [1.82, 2.24) is 0 Å². The summed E-state index contributed by atoms with van der Waals surface area (Å²) in [6.07, 6.45) is 5.36. The Balaban J connectivity index is 1.49. The Morgan fingerprint density at radius 1 is 1.21 bits per heavy atom. The summed E-state index contributed by atoms with van der Waals surface area (Å²) >= 11 is 1.55. The molecule has 0 bridgehead atoms. The lowest BCUT2D eigenvalue weighted by Gasteiger charge is -2.23. The number of rotatable bonds is 4. The van der Waals surface area contributed by atoms with Crippen LogP contribution in [0, 0.1) is 11.3 Å². The van der Waals surface area contributed by atoms with E-state index in [0.29, 0.717) is 35.3 Å². The third-order valence-corrected chi connectivity index (χ3v) is 6.31. The molecule has 1 aromatic carbocycles. The molecule has 4 rings (SSSR count). The average Bonchev–Trinajstić information content (AvgIpc) is 2.87. The SMILES string of the molecule is CC(Nc1cccc2c1OCCO2)C(=O)Nc1sc2c(c1C#N)CCCCC2. The molecular formula is C21H23N3O3S. The number of amides is 1. The molecule has 1 unspecified atom stereocenters. The van der Waals surface area contributed by atoms with Crippen molar-refractivity contribution < 1.29 is 14.3 Å². The van der Waals surface area contributed by atoms with Crippen molar-refractivity contribution in [1.29, 1.82) is 5.26 Å². The number of nitrogens with zero attached hydrogens (tertiary/aromatic N) is 1. The Kier molecular flexibility index (Phi) is 5.40. The first-order valence-corrected chi connectivity index (χ1v) is 10.5. The van der Waals surface area contributed by atoms with E-state index in [-0.39, 0.29) is 5.91 Å². The number of anilines is 2. The van der Waals surface area contributed by atoms with Gasteiger partial charge in [-0.15, -0.1) is 11.3 Å². The van der Waals surface area contributed by atoms with Gasteiger partial charge >= 0.3 is 0 Å². The van der Waals surface area contributed by atoms with Crippen LogP contribution in [0.4, 0.5) is 10.7 Å². The van der Waals surface area contributed by atoms with Crippen molar-refractivity contribution in [2.45, 2.75) is 45.1 Å². The maximum Gasteiger partial charge on any atom is 0.247 e. The zero-order chi connectivity index (χ0) is 19.5. The minimum atomic E-state index is -0.495. The second-order valence-electron chi connectivity index (χ2n) is 7.07. The zero-order valence-corrected chi connectivity index (χ0v) is 16.7. The minimum absolute atomic E-state index is 0.178. The van der Waals surface area contributed by atoms with Crippen LogP contribution in [0.5, 0.6) is 11.5 Å². The van der Waals surface area contributed by atoms with Gasteiger partial charge in [-0.3, -0.25) is 4.79 Å². The number of carbonyl (C=O) groups excluding carboxylic acids is 1. The summed E-state index contributed by atoms with van der Waals surface area (Å²) in [4.78, 5) is 14.0. The molecule has 7 heteroatoms. The molecular weight excluding hydrogens is 374 g/mol. The minimum Gasteiger partial charge on any atom is -0.486 e. The molecule has 2 N–H and O–H groups in total. The number of nitrogens with one attached hydrogen (secondary N) is 2. The van der Waals surface area contributed by atoms with Crippen LogP contribution >= 0.6 is 11.3 Å². The quantitative estimate of drug-likeness (QED) is 0.759. The lowest BCUT2D eigenvalue weighted by molar-refractivity contribution is -0.116. The van der Waals surface area contributed by atoms with Gasteiger partial charge in [-0.2, -0.15) is 5.26 Å². The Morgan fingerprint density at radius 3 is 2.89 bits per heavy atom. The van der Waals surface area contributed by atoms with E-state index < -0.39 is 6.04 Å². The summed E-state index contributed by atoms with van der Waals surface area (Å²) in [7, 11) is 0. The van der Waals surface area contributed by atoms with Gasteiger partial charge in [0.15, 0.2) is 11.5 Å². The molecule has 1 amide bonds. The van der Waals surface area contributed by atoms with E-state index in [1.54, 1.807) is 18.3 Å². The van der Waals surface area contributed by atoms with E-state index in [0.717, 1.165) is 36.9 Å². The van der Waals surface area contributed by atoms with Gasteiger partial charge in [-0.05, 0) is 50.3 Å². The molecule has 0 saturated heterocycles. The van der Waals surface area contributed by atoms with Gasteiger partial charge in [0.1, 0.15) is 30.3 Å². The number of aryl methyl sites for hydroxylation is 1. The van der Waals surface area contributed by atoms with Crippen molar-refractivity contribution in [2.24, 2.45) is 0 Å². The summed E-state index contributed by atoms with van der Waals surface area (Å²) in [5.74, 6) is 1.13. The van der Waals surface area contributed by atoms with Crippen molar-refractivity contribution in [2.75, 3.05) is 23.8 Å². The normalized spacial score (nSPS) is 16.3. The number of para-hydroxylation sites is 1. The average molecular weight is 398 g/mol. The molecule has 0 saturated carbocycles. The predicted molar refractivity (Wildman–Crippen MR) is 109 cm³/mol. The predicted octanol–water partition coefficient (Wildman–Crippen LogP) is 4.10. The summed E-state index contributed by atoms with van der Waals surface area (Å²) in [5, 5.41) is 16.5. The number of thiophene rings is 1. The first-order valence-electron chi connectivity index (χ1n) is 9.68. The topological polar surface area (TPSA) is 83.4 Å². The molecule has 0 radical (unpaired) electrons. The zero-order valence-electron chi connectivity index (χ0n) is 15.8. The van der Waals surface area contributed by atoms with Crippen LogP contribution in [0.1, 0.15) is 42.2 Å². The van der Waals surface area contributed by atoms with Gasteiger partial charge < -0.3 is 20.1 Å². The van der Waals surface area contributed by atoms with Crippen LogP contribution in [-0.4, -0.2) is 25.2 Å². The summed E-state index contributed by atoms with van der Waals surface area (Å²) in [6, 6.07) is 7.39. The maximum absolute atomic E-state index is 12.8. The van der Waals surface area contributed by atoms with Crippen LogP contribution in [0.25, 0.3) is 0 Å². The highest BCUT2D eigenvalue weighted by molar-refractivity contribution is 7.16. The van der Waals surface area contributed by atoms with Crippen LogP contribution in [0.2, 0.25) is 0 Å². The number of fused-ring (bicyclic) bond motifs is 2. The van der Waals surface area contributed by atoms with Gasteiger partial charge in [0, 0.05) is 4.88 Å². The van der Waals surface area contributed by atoms with Crippen molar-refractivity contribution in [3.05, 3.63) is 34.2 Å². The fourth-order valence-corrected chi connectivity index (χ4v) is 4.90. The van der Waals surface area contributed by atoms with Gasteiger partial charge in [0.2, 0.25) is 5.91 Å². The Morgan fingerprint density at radius 2 is 2.04 bits per heavy atom. The Labute approximate surface area is 168 Å². The van der Waals surface area contributed by atoms with E-state index in [9.17, 15) is 10.1 Å². The van der Waals surface area contributed by atoms with E-state index in [1.807, 2.05) is 18.2 Å². The van der Waals surface area contributed by atoms with Crippen LogP contribution in [0.3, 0.4) is 0 Å². The molecule has 0 fully saturated rings. The first kappa shape index (κ1) is 18.6. The summed E-state index contributed by atoms with van der Waals surface area (Å²) in [6.45, 7) is 2.80. The molecule has 2 aliphatic rings. The number of hydrogen-bond acceptors (Lipinski definition) is 6. The first-order chi connectivity index (χ1) is 13.7. The van der Waals surface area contributed by atoms with Gasteiger partial charge in [-0.25, -0.2) is 0 Å². The van der Waals surface area contributed by atoms with Gasteiger partial charge in [0.25, 0.3) is 0 Å². The Hall–Kier alpha value is -2.72. The van der Waals surface area contributed by atoms with Gasteiger partial charge in [0.05, 0.1) is 11.3 Å². The number of benzene rings is 1. The lowest BCUT2D eigenvalue weighted by atomic mass is 10.1. The second-order valence-corrected chi connectivity index (χ2v) is 8.17. The molecule has 1 atom stereocenters. The monoisotopic (exact) mass is 397 g/mol. The maximum atomic E-state index is 12.8. The fraction of sp³-hybridized carbons (Fsp3) is 0.429. The molecule has 1 aliphatic carbocycles. The third kappa shape index (κ3) is 3.65. The molecule has 1 aromatic heterocycles.